The fourth-order valence-electron chi connectivity index (χ4n) is 2.77. The predicted molar refractivity (Wildman–Crippen MR) is 86.7 cm³/mol. The maximum Gasteiger partial charge on any atom is 0.312 e. The molecule has 0 amide bonds. The summed E-state index contributed by atoms with van der Waals surface area (Å²) < 4.78 is 6.89. The van der Waals surface area contributed by atoms with Crippen LogP contribution in [0.25, 0.3) is 0 Å². The van der Waals surface area contributed by atoms with Crippen molar-refractivity contribution < 1.29 is 9.53 Å². The van der Waals surface area contributed by atoms with Crippen LogP contribution in [0.5, 0.6) is 5.75 Å². The van der Waals surface area contributed by atoms with Gasteiger partial charge in [0.1, 0.15) is 5.75 Å². The molecule has 0 N–H and O–H groups in total. The topological polar surface area (TPSA) is 48.3 Å². The van der Waals surface area contributed by atoms with Crippen LogP contribution >= 0.6 is 11.8 Å². The van der Waals surface area contributed by atoms with E-state index < -0.39 is 0 Å². The van der Waals surface area contributed by atoms with Gasteiger partial charge < -0.3 is 9.30 Å². The van der Waals surface area contributed by atoms with Crippen LogP contribution in [0.15, 0.2) is 40.0 Å². The Balaban J connectivity index is 2.16. The molecule has 3 rings (SSSR count). The fraction of sp³-hybridized carbons (Fsp3) is 0.294. The van der Waals surface area contributed by atoms with Crippen LogP contribution in [-0.2, 0) is 11.8 Å². The molecule has 2 heterocycles. The molecule has 0 radical (unpaired) electrons. The standard InChI is InChI=1S/C17H17NO3S/c1-10-8-14-16(17(20)18(10)2)13(9-15(19)21-14)11-4-6-12(22-3)7-5-11/h4-8,13H,9H2,1-3H3/t13-/m1/s1. The molecular weight excluding hydrogens is 298 g/mol. The van der Waals surface area contributed by atoms with Crippen LogP contribution in [0.4, 0.5) is 0 Å². The number of thioether (sulfide) groups is 1. The molecule has 0 unspecified atom stereocenters. The van der Waals surface area contributed by atoms with Gasteiger partial charge in [0.25, 0.3) is 5.56 Å². The molecule has 1 atom stereocenters. The summed E-state index contributed by atoms with van der Waals surface area (Å²) in [6.07, 6.45) is 2.21. The van der Waals surface area contributed by atoms with Crippen LogP contribution < -0.4 is 10.3 Å². The van der Waals surface area contributed by atoms with Gasteiger partial charge in [0.05, 0.1) is 12.0 Å². The minimum atomic E-state index is -0.293. The summed E-state index contributed by atoms with van der Waals surface area (Å²) >= 11 is 1.66. The average Bonchev–Trinajstić information content (AvgIpc) is 2.52. The zero-order chi connectivity index (χ0) is 15.9. The van der Waals surface area contributed by atoms with E-state index in [0.29, 0.717) is 11.3 Å². The number of carbonyl (C=O) groups excluding carboxylic acids is 1. The lowest BCUT2D eigenvalue weighted by atomic mass is 9.87. The third-order valence-corrected chi connectivity index (χ3v) is 4.87. The number of hydrogen-bond acceptors (Lipinski definition) is 4. The van der Waals surface area contributed by atoms with E-state index in [9.17, 15) is 9.59 Å². The summed E-state index contributed by atoms with van der Waals surface area (Å²) in [6, 6.07) is 9.75. The van der Waals surface area contributed by atoms with E-state index >= 15 is 0 Å². The molecule has 1 aromatic carbocycles. The summed E-state index contributed by atoms with van der Waals surface area (Å²) in [6.45, 7) is 1.83. The van der Waals surface area contributed by atoms with Gasteiger partial charge in [0.15, 0.2) is 0 Å². The summed E-state index contributed by atoms with van der Waals surface area (Å²) in [5.41, 5.74) is 2.22. The van der Waals surface area contributed by atoms with Crippen LogP contribution in [0.3, 0.4) is 0 Å². The first kappa shape index (κ1) is 14.9. The molecule has 1 aliphatic rings. The summed E-state index contributed by atoms with van der Waals surface area (Å²) in [7, 11) is 1.74. The number of hydrogen-bond donors (Lipinski definition) is 0. The van der Waals surface area contributed by atoms with Crippen LogP contribution in [0.2, 0.25) is 0 Å². The van der Waals surface area contributed by atoms with E-state index in [-0.39, 0.29) is 23.9 Å². The smallest absolute Gasteiger partial charge is 0.312 e. The van der Waals surface area contributed by atoms with Crippen molar-refractivity contribution in [2.45, 2.75) is 24.2 Å². The van der Waals surface area contributed by atoms with Gasteiger partial charge in [-0.25, -0.2) is 0 Å². The molecule has 0 fully saturated rings. The predicted octanol–water partition coefficient (Wildman–Crippen LogP) is 2.86. The highest BCUT2D eigenvalue weighted by Crippen LogP contribution is 2.37. The highest BCUT2D eigenvalue weighted by molar-refractivity contribution is 7.98. The molecule has 114 valence electrons. The lowest BCUT2D eigenvalue weighted by molar-refractivity contribution is -0.135. The molecule has 2 aromatic rings. The first-order valence-electron chi connectivity index (χ1n) is 7.06. The van der Waals surface area contributed by atoms with Gasteiger partial charge in [-0.2, -0.15) is 0 Å². The first-order chi connectivity index (χ1) is 10.5. The number of carbonyl (C=O) groups is 1. The number of rotatable bonds is 2. The zero-order valence-corrected chi connectivity index (χ0v) is 13.6. The largest absolute Gasteiger partial charge is 0.426 e. The van der Waals surface area contributed by atoms with Crippen molar-refractivity contribution >= 4 is 17.7 Å². The quantitative estimate of drug-likeness (QED) is 0.631. The first-order valence-corrected chi connectivity index (χ1v) is 8.29. The number of ether oxygens (including phenoxy) is 1. The minimum absolute atomic E-state index is 0.0959. The Morgan fingerprint density at radius 1 is 1.23 bits per heavy atom. The Morgan fingerprint density at radius 3 is 2.55 bits per heavy atom. The second-order valence-electron chi connectivity index (χ2n) is 5.43. The molecule has 0 saturated heterocycles. The van der Waals surface area contributed by atoms with E-state index in [1.165, 1.54) is 0 Å². The third-order valence-electron chi connectivity index (χ3n) is 4.13. The van der Waals surface area contributed by atoms with Gasteiger partial charge >= 0.3 is 5.97 Å². The zero-order valence-electron chi connectivity index (χ0n) is 12.8. The molecule has 0 saturated carbocycles. The Bertz CT molecular complexity index is 793. The van der Waals surface area contributed by atoms with Crippen molar-refractivity contribution in [3.05, 3.63) is 57.5 Å². The maximum atomic E-state index is 12.6. The second-order valence-corrected chi connectivity index (χ2v) is 6.31. The van der Waals surface area contributed by atoms with Crippen LogP contribution in [-0.4, -0.2) is 16.8 Å². The highest BCUT2D eigenvalue weighted by atomic mass is 32.2. The molecule has 1 aromatic heterocycles. The SMILES string of the molecule is CSc1ccc([C@H]2CC(=O)Oc3cc(C)n(C)c(=O)c32)cc1. The van der Waals surface area contributed by atoms with Gasteiger partial charge in [-0.1, -0.05) is 12.1 Å². The van der Waals surface area contributed by atoms with E-state index in [1.54, 1.807) is 29.4 Å². The third kappa shape index (κ3) is 2.46. The summed E-state index contributed by atoms with van der Waals surface area (Å²) in [4.78, 5) is 25.7. The maximum absolute atomic E-state index is 12.6. The van der Waals surface area contributed by atoms with E-state index in [1.807, 2.05) is 37.4 Å². The highest BCUT2D eigenvalue weighted by Gasteiger charge is 2.32. The lowest BCUT2D eigenvalue weighted by Gasteiger charge is -2.25. The number of aryl methyl sites for hydroxylation is 1. The van der Waals surface area contributed by atoms with Crippen LogP contribution in [0.1, 0.15) is 29.2 Å². The van der Waals surface area contributed by atoms with Crippen molar-refractivity contribution in [1.29, 1.82) is 0 Å². The Kier molecular flexibility index (Phi) is 3.83. The van der Waals surface area contributed by atoms with E-state index in [2.05, 4.69) is 0 Å². The molecule has 0 spiro atoms. The van der Waals surface area contributed by atoms with E-state index in [4.69, 9.17) is 4.74 Å². The van der Waals surface area contributed by atoms with Crippen molar-refractivity contribution in [2.75, 3.05) is 6.26 Å². The molecule has 1 aliphatic heterocycles. The molecule has 5 heteroatoms. The summed E-state index contributed by atoms with van der Waals surface area (Å²) in [5.74, 6) is -0.138. The normalized spacial score (nSPS) is 17.0. The van der Waals surface area contributed by atoms with Gasteiger partial charge in [-0.15, -0.1) is 11.8 Å². The van der Waals surface area contributed by atoms with Crippen molar-refractivity contribution in [3.8, 4) is 5.75 Å². The monoisotopic (exact) mass is 315 g/mol. The number of aromatic nitrogens is 1. The second kappa shape index (κ2) is 5.65. The lowest BCUT2D eigenvalue weighted by Crippen LogP contribution is -2.31. The number of esters is 1. The number of fused-ring (bicyclic) bond motifs is 1. The van der Waals surface area contributed by atoms with Gasteiger partial charge in [-0.3, -0.25) is 9.59 Å². The molecule has 0 bridgehead atoms. The Hall–Kier alpha value is -2.01. The molecular formula is C17H17NO3S. The van der Waals surface area contributed by atoms with Gasteiger partial charge in [0.2, 0.25) is 0 Å². The minimum Gasteiger partial charge on any atom is -0.426 e. The number of pyridine rings is 1. The van der Waals surface area contributed by atoms with Gasteiger partial charge in [0, 0.05) is 29.6 Å². The van der Waals surface area contributed by atoms with Crippen molar-refractivity contribution in [1.82, 2.24) is 4.57 Å². The van der Waals surface area contributed by atoms with Crippen molar-refractivity contribution in [2.24, 2.45) is 7.05 Å². The molecule has 0 aliphatic carbocycles. The van der Waals surface area contributed by atoms with Gasteiger partial charge in [-0.05, 0) is 30.9 Å². The number of nitrogens with zero attached hydrogens (tertiary/aromatic N) is 1. The molecule has 22 heavy (non-hydrogen) atoms. The van der Waals surface area contributed by atoms with Crippen LogP contribution in [0, 0.1) is 6.92 Å². The Labute approximate surface area is 133 Å². The average molecular weight is 315 g/mol. The Morgan fingerprint density at radius 2 is 1.91 bits per heavy atom. The number of benzene rings is 1. The fourth-order valence-corrected chi connectivity index (χ4v) is 3.18. The molecule has 4 nitrogen and oxygen atoms in total. The summed E-state index contributed by atoms with van der Waals surface area (Å²) in [5, 5.41) is 0. The van der Waals surface area contributed by atoms with Crippen molar-refractivity contribution in [3.63, 3.8) is 0 Å². The van der Waals surface area contributed by atoms with E-state index in [0.717, 1.165) is 16.2 Å².